The highest BCUT2D eigenvalue weighted by atomic mass is 19.1. The molecule has 0 atom stereocenters. The van der Waals surface area contributed by atoms with E-state index in [4.69, 9.17) is 0 Å². The fourth-order valence-corrected chi connectivity index (χ4v) is 1.46. The Bertz CT molecular complexity index is 563. The molecule has 17 heavy (non-hydrogen) atoms. The SMILES string of the molecule is Cc1ccc(CCn2cncc(F)c2=O)nc1. The Morgan fingerprint density at radius 1 is 1.35 bits per heavy atom. The van der Waals surface area contributed by atoms with E-state index in [0.29, 0.717) is 13.0 Å². The summed E-state index contributed by atoms with van der Waals surface area (Å²) in [7, 11) is 0. The zero-order valence-corrected chi connectivity index (χ0v) is 9.43. The lowest BCUT2D eigenvalue weighted by Crippen LogP contribution is -2.24. The number of pyridine rings is 1. The van der Waals surface area contributed by atoms with Gasteiger partial charge in [-0.3, -0.25) is 14.3 Å². The predicted molar refractivity (Wildman–Crippen MR) is 61.1 cm³/mol. The van der Waals surface area contributed by atoms with E-state index in [2.05, 4.69) is 9.97 Å². The second-order valence-corrected chi connectivity index (χ2v) is 3.82. The molecule has 0 saturated heterocycles. The molecule has 5 heteroatoms. The van der Waals surface area contributed by atoms with Crippen LogP contribution >= 0.6 is 0 Å². The van der Waals surface area contributed by atoms with Gasteiger partial charge in [0.1, 0.15) is 0 Å². The van der Waals surface area contributed by atoms with Crippen molar-refractivity contribution in [3.63, 3.8) is 0 Å². The van der Waals surface area contributed by atoms with Crippen LogP contribution in [0.2, 0.25) is 0 Å². The van der Waals surface area contributed by atoms with E-state index >= 15 is 0 Å². The van der Waals surface area contributed by atoms with Crippen molar-refractivity contribution in [3.05, 3.63) is 58.3 Å². The summed E-state index contributed by atoms with van der Waals surface area (Å²) in [5.74, 6) is -0.829. The van der Waals surface area contributed by atoms with E-state index in [9.17, 15) is 9.18 Å². The molecule has 0 aliphatic carbocycles. The van der Waals surface area contributed by atoms with E-state index in [0.717, 1.165) is 17.5 Å². The summed E-state index contributed by atoms with van der Waals surface area (Å²) < 4.78 is 14.2. The van der Waals surface area contributed by atoms with Gasteiger partial charge in [0.05, 0.1) is 12.5 Å². The first-order chi connectivity index (χ1) is 8.16. The quantitative estimate of drug-likeness (QED) is 0.803. The molecule has 4 nitrogen and oxygen atoms in total. The molecule has 2 rings (SSSR count). The van der Waals surface area contributed by atoms with Gasteiger partial charge in [0.25, 0.3) is 5.56 Å². The maximum atomic E-state index is 12.9. The van der Waals surface area contributed by atoms with Crippen molar-refractivity contribution in [1.29, 1.82) is 0 Å². The molecule has 0 amide bonds. The molecule has 0 bridgehead atoms. The topological polar surface area (TPSA) is 47.8 Å². The standard InChI is InChI=1S/C12H12FN3O/c1-9-2-3-10(15-6-9)4-5-16-8-14-7-11(13)12(16)17/h2-3,6-8H,4-5H2,1H3. The van der Waals surface area contributed by atoms with Gasteiger partial charge in [-0.25, -0.2) is 4.98 Å². The summed E-state index contributed by atoms with van der Waals surface area (Å²) in [4.78, 5) is 19.2. The van der Waals surface area contributed by atoms with Crippen LogP contribution in [0.1, 0.15) is 11.3 Å². The molecule has 0 saturated carbocycles. The molecule has 0 aliphatic rings. The van der Waals surface area contributed by atoms with Gasteiger partial charge in [0.2, 0.25) is 5.82 Å². The minimum Gasteiger partial charge on any atom is -0.296 e. The van der Waals surface area contributed by atoms with Gasteiger partial charge in [-0.2, -0.15) is 4.39 Å². The van der Waals surface area contributed by atoms with Gasteiger partial charge in [-0.15, -0.1) is 0 Å². The molecular formula is C12H12FN3O. The van der Waals surface area contributed by atoms with Crippen molar-refractivity contribution >= 4 is 0 Å². The van der Waals surface area contributed by atoms with Crippen LogP contribution in [0.25, 0.3) is 0 Å². The zero-order chi connectivity index (χ0) is 12.3. The van der Waals surface area contributed by atoms with Gasteiger partial charge < -0.3 is 0 Å². The molecule has 0 aromatic carbocycles. The average Bonchev–Trinajstić information content (AvgIpc) is 2.33. The van der Waals surface area contributed by atoms with Gasteiger partial charge in [-0.05, 0) is 18.6 Å². The van der Waals surface area contributed by atoms with Crippen LogP contribution < -0.4 is 5.56 Å². The molecular weight excluding hydrogens is 221 g/mol. The minimum absolute atomic E-state index is 0.375. The van der Waals surface area contributed by atoms with Crippen LogP contribution in [0.3, 0.4) is 0 Å². The van der Waals surface area contributed by atoms with Gasteiger partial charge >= 0.3 is 0 Å². The summed E-state index contributed by atoms with van der Waals surface area (Å²) in [5, 5.41) is 0. The van der Waals surface area contributed by atoms with Crippen molar-refractivity contribution in [2.45, 2.75) is 19.9 Å². The lowest BCUT2D eigenvalue weighted by Gasteiger charge is -2.04. The second-order valence-electron chi connectivity index (χ2n) is 3.82. The first-order valence-corrected chi connectivity index (χ1v) is 5.28. The van der Waals surface area contributed by atoms with E-state index < -0.39 is 11.4 Å². The van der Waals surface area contributed by atoms with Crippen molar-refractivity contribution in [2.75, 3.05) is 0 Å². The number of aryl methyl sites for hydroxylation is 3. The number of hydrogen-bond donors (Lipinski definition) is 0. The number of nitrogens with zero attached hydrogens (tertiary/aromatic N) is 3. The normalized spacial score (nSPS) is 10.5. The van der Waals surface area contributed by atoms with Gasteiger partial charge in [0.15, 0.2) is 0 Å². The van der Waals surface area contributed by atoms with Crippen LogP contribution in [0.15, 0.2) is 35.6 Å². The number of rotatable bonds is 3. The van der Waals surface area contributed by atoms with Crippen molar-refractivity contribution < 1.29 is 4.39 Å². The Balaban J connectivity index is 2.10. The Morgan fingerprint density at radius 3 is 2.88 bits per heavy atom. The molecule has 0 aliphatic heterocycles. The smallest absolute Gasteiger partial charge is 0.289 e. The summed E-state index contributed by atoms with van der Waals surface area (Å²) in [6, 6.07) is 3.85. The van der Waals surface area contributed by atoms with E-state index in [1.807, 2.05) is 19.1 Å². The van der Waals surface area contributed by atoms with Crippen LogP contribution in [0.4, 0.5) is 4.39 Å². The minimum atomic E-state index is -0.829. The predicted octanol–water partition coefficient (Wildman–Crippen LogP) is 1.33. The van der Waals surface area contributed by atoms with E-state index in [-0.39, 0.29) is 0 Å². The van der Waals surface area contributed by atoms with E-state index in [1.165, 1.54) is 10.9 Å². The molecule has 0 fully saturated rings. The first-order valence-electron chi connectivity index (χ1n) is 5.28. The van der Waals surface area contributed by atoms with Gasteiger partial charge in [0, 0.05) is 24.9 Å². The van der Waals surface area contributed by atoms with Crippen molar-refractivity contribution in [2.24, 2.45) is 0 Å². The summed E-state index contributed by atoms with van der Waals surface area (Å²) in [6.45, 7) is 2.33. The van der Waals surface area contributed by atoms with Crippen molar-refractivity contribution in [1.82, 2.24) is 14.5 Å². The van der Waals surface area contributed by atoms with Gasteiger partial charge in [-0.1, -0.05) is 6.07 Å². The molecule has 2 aromatic heterocycles. The fourth-order valence-electron chi connectivity index (χ4n) is 1.46. The zero-order valence-electron chi connectivity index (χ0n) is 9.43. The Kier molecular flexibility index (Phi) is 3.27. The molecule has 0 unspecified atom stereocenters. The van der Waals surface area contributed by atoms with Crippen LogP contribution in [0.5, 0.6) is 0 Å². The molecule has 0 N–H and O–H groups in total. The average molecular weight is 233 g/mol. The molecule has 0 spiro atoms. The highest BCUT2D eigenvalue weighted by Crippen LogP contribution is 2.00. The molecule has 2 aromatic rings. The summed E-state index contributed by atoms with van der Waals surface area (Å²) in [5.41, 5.74) is 1.30. The first kappa shape index (κ1) is 11.4. The molecule has 0 radical (unpaired) electrons. The Hall–Kier alpha value is -2.04. The number of halogens is 1. The van der Waals surface area contributed by atoms with E-state index in [1.54, 1.807) is 6.20 Å². The Morgan fingerprint density at radius 2 is 2.18 bits per heavy atom. The number of aromatic nitrogens is 3. The van der Waals surface area contributed by atoms with Crippen molar-refractivity contribution in [3.8, 4) is 0 Å². The van der Waals surface area contributed by atoms with Crippen LogP contribution in [-0.2, 0) is 13.0 Å². The lowest BCUT2D eigenvalue weighted by molar-refractivity contribution is 0.549. The maximum absolute atomic E-state index is 12.9. The summed E-state index contributed by atoms with van der Waals surface area (Å²) >= 11 is 0. The van der Waals surface area contributed by atoms with Crippen LogP contribution in [-0.4, -0.2) is 14.5 Å². The monoisotopic (exact) mass is 233 g/mol. The maximum Gasteiger partial charge on any atom is 0.289 e. The highest BCUT2D eigenvalue weighted by molar-refractivity contribution is 5.12. The third-order valence-corrected chi connectivity index (χ3v) is 2.44. The summed E-state index contributed by atoms with van der Waals surface area (Å²) in [6.07, 6.45) is 4.59. The molecule has 2 heterocycles. The van der Waals surface area contributed by atoms with Crippen LogP contribution in [0, 0.1) is 12.7 Å². The molecule has 88 valence electrons. The lowest BCUT2D eigenvalue weighted by atomic mass is 10.2. The fraction of sp³-hybridized carbons (Fsp3) is 0.250. The third-order valence-electron chi connectivity index (χ3n) is 2.44. The largest absolute Gasteiger partial charge is 0.296 e. The third kappa shape index (κ3) is 2.75. The highest BCUT2D eigenvalue weighted by Gasteiger charge is 2.03. The number of hydrogen-bond acceptors (Lipinski definition) is 3. The second kappa shape index (κ2) is 4.86. The Labute approximate surface area is 97.8 Å².